The molecule has 0 atom stereocenters. The molecule has 190 valence electrons. The van der Waals surface area contributed by atoms with Crippen LogP contribution in [-0.2, 0) is 21.2 Å². The number of furan rings is 1. The van der Waals surface area contributed by atoms with Gasteiger partial charge in [-0.1, -0.05) is 6.07 Å². The largest absolute Gasteiger partial charge is 0.497 e. The molecule has 0 bridgehead atoms. The lowest BCUT2D eigenvalue weighted by atomic mass is 10.1. The highest BCUT2D eigenvalue weighted by Gasteiger charge is 2.22. The predicted molar refractivity (Wildman–Crippen MR) is 141 cm³/mol. The molecule has 0 fully saturated rings. The number of hydrogen-bond donors (Lipinski definition) is 3. The van der Waals surface area contributed by atoms with E-state index in [1.165, 1.54) is 19.4 Å². The Bertz CT molecular complexity index is 1350. The Morgan fingerprint density at radius 3 is 2.58 bits per heavy atom. The van der Waals surface area contributed by atoms with Gasteiger partial charge >= 0.3 is 0 Å². The van der Waals surface area contributed by atoms with Gasteiger partial charge in [0.05, 0.1) is 25.4 Å². The van der Waals surface area contributed by atoms with Crippen LogP contribution in [0.3, 0.4) is 0 Å². The van der Waals surface area contributed by atoms with Crippen molar-refractivity contribution in [1.82, 2.24) is 15.4 Å². The first kappa shape index (κ1) is 26.8. The second kappa shape index (κ2) is 12.2. The fourth-order valence-electron chi connectivity index (χ4n) is 3.32. The summed E-state index contributed by atoms with van der Waals surface area (Å²) >= 11 is 4.97. The fraction of sp³-hybridized carbons (Fsp3) is 0.200. The standard InChI is InChI=1S/C25H27N3O6S2/c1-26-25(35)28-36(30,31)23-15-17(6-10-20(23)21-5-4-14-34-21)12-13-27-24(29)11-8-18-7-9-19(32-2)16-22(18)33-3/h4-11,14-16H,12-13H2,1-3H3,(H,27,29)(H2,26,28,35)/b11-8+. The van der Waals surface area contributed by atoms with Crippen molar-refractivity contribution in [3.8, 4) is 22.8 Å². The number of methoxy groups -OCH3 is 2. The summed E-state index contributed by atoms with van der Waals surface area (Å²) < 4.78 is 44.2. The summed E-state index contributed by atoms with van der Waals surface area (Å²) in [4.78, 5) is 12.3. The van der Waals surface area contributed by atoms with Gasteiger partial charge in [0, 0.05) is 36.9 Å². The van der Waals surface area contributed by atoms with E-state index >= 15 is 0 Å². The Kier molecular flexibility index (Phi) is 9.09. The molecule has 0 radical (unpaired) electrons. The summed E-state index contributed by atoms with van der Waals surface area (Å²) in [6.45, 7) is 0.296. The maximum atomic E-state index is 13.0. The summed E-state index contributed by atoms with van der Waals surface area (Å²) in [5, 5.41) is 5.36. The zero-order chi connectivity index (χ0) is 26.1. The van der Waals surface area contributed by atoms with E-state index in [9.17, 15) is 13.2 Å². The molecule has 1 heterocycles. The number of carbonyl (C=O) groups excluding carboxylic acids is 1. The van der Waals surface area contributed by atoms with Gasteiger partial charge in [0.25, 0.3) is 10.0 Å². The second-order valence-corrected chi connectivity index (χ2v) is 9.53. The monoisotopic (exact) mass is 529 g/mol. The molecule has 0 saturated carbocycles. The van der Waals surface area contributed by atoms with Crippen molar-refractivity contribution in [2.75, 3.05) is 27.8 Å². The number of nitrogens with one attached hydrogen (secondary N) is 3. The van der Waals surface area contributed by atoms with Crippen molar-refractivity contribution in [3.63, 3.8) is 0 Å². The maximum Gasteiger partial charge on any atom is 0.264 e. The van der Waals surface area contributed by atoms with Gasteiger partial charge in [0.15, 0.2) is 5.11 Å². The first-order valence-corrected chi connectivity index (χ1v) is 12.8. The van der Waals surface area contributed by atoms with Gasteiger partial charge in [-0.2, -0.15) is 0 Å². The lowest BCUT2D eigenvalue weighted by Gasteiger charge is -2.13. The summed E-state index contributed by atoms with van der Waals surface area (Å²) in [5.41, 5.74) is 1.83. The molecule has 11 heteroatoms. The van der Waals surface area contributed by atoms with Gasteiger partial charge in [0.2, 0.25) is 5.91 Å². The number of amides is 1. The van der Waals surface area contributed by atoms with Crippen LogP contribution in [-0.4, -0.2) is 47.2 Å². The third-order valence-electron chi connectivity index (χ3n) is 5.14. The molecule has 0 aliphatic rings. The molecule has 36 heavy (non-hydrogen) atoms. The van der Waals surface area contributed by atoms with E-state index in [1.807, 2.05) is 0 Å². The molecule has 2 aromatic carbocycles. The van der Waals surface area contributed by atoms with E-state index in [0.29, 0.717) is 41.4 Å². The molecule has 3 rings (SSSR count). The van der Waals surface area contributed by atoms with E-state index in [0.717, 1.165) is 5.56 Å². The number of benzene rings is 2. The zero-order valence-electron chi connectivity index (χ0n) is 20.0. The number of carbonyl (C=O) groups is 1. The molecular formula is C25H27N3O6S2. The highest BCUT2D eigenvalue weighted by atomic mass is 32.2. The molecule has 3 N–H and O–H groups in total. The SMILES string of the molecule is CNC(=S)NS(=O)(=O)c1cc(CCNC(=O)/C=C/c2ccc(OC)cc2OC)ccc1-c1ccco1. The zero-order valence-corrected chi connectivity index (χ0v) is 21.7. The summed E-state index contributed by atoms with van der Waals surface area (Å²) in [7, 11) is 0.653. The Morgan fingerprint density at radius 2 is 1.92 bits per heavy atom. The molecule has 1 aromatic heterocycles. The van der Waals surface area contributed by atoms with E-state index in [2.05, 4.69) is 15.4 Å². The van der Waals surface area contributed by atoms with Gasteiger partial charge in [0.1, 0.15) is 17.3 Å². The van der Waals surface area contributed by atoms with Crippen LogP contribution in [0, 0.1) is 0 Å². The first-order chi connectivity index (χ1) is 17.3. The van der Waals surface area contributed by atoms with Gasteiger partial charge < -0.3 is 24.5 Å². The van der Waals surface area contributed by atoms with Crippen LogP contribution in [0.4, 0.5) is 0 Å². The Hall–Kier alpha value is -3.83. The number of hydrogen-bond acceptors (Lipinski definition) is 7. The Labute approximate surface area is 215 Å². The third kappa shape index (κ3) is 6.86. The summed E-state index contributed by atoms with van der Waals surface area (Å²) in [6.07, 6.45) is 4.92. The van der Waals surface area contributed by atoms with E-state index in [1.54, 1.807) is 68.8 Å². The number of sulfonamides is 1. The summed E-state index contributed by atoms with van der Waals surface area (Å²) in [5.74, 6) is 1.34. The molecule has 3 aromatic rings. The molecular weight excluding hydrogens is 502 g/mol. The number of thiocarbonyl (C=S) groups is 1. The smallest absolute Gasteiger partial charge is 0.264 e. The highest BCUT2D eigenvalue weighted by Crippen LogP contribution is 2.29. The van der Waals surface area contributed by atoms with Gasteiger partial charge in [-0.25, -0.2) is 8.42 Å². The van der Waals surface area contributed by atoms with Crippen molar-refractivity contribution < 1.29 is 27.1 Å². The van der Waals surface area contributed by atoms with Crippen LogP contribution < -0.4 is 24.8 Å². The van der Waals surface area contributed by atoms with Gasteiger partial charge in [-0.05, 0) is 66.7 Å². The number of ether oxygens (including phenoxy) is 2. The van der Waals surface area contributed by atoms with Crippen molar-refractivity contribution in [2.45, 2.75) is 11.3 Å². The Morgan fingerprint density at radius 1 is 1.11 bits per heavy atom. The highest BCUT2D eigenvalue weighted by molar-refractivity contribution is 7.92. The lowest BCUT2D eigenvalue weighted by molar-refractivity contribution is -0.116. The summed E-state index contributed by atoms with van der Waals surface area (Å²) in [6, 6.07) is 13.6. The molecule has 0 spiro atoms. The minimum absolute atomic E-state index is 0.0189. The van der Waals surface area contributed by atoms with Crippen LogP contribution in [0.25, 0.3) is 17.4 Å². The Balaban J connectivity index is 1.71. The van der Waals surface area contributed by atoms with E-state index in [-0.39, 0.29) is 15.9 Å². The van der Waals surface area contributed by atoms with Crippen LogP contribution in [0.1, 0.15) is 11.1 Å². The van der Waals surface area contributed by atoms with Crippen molar-refractivity contribution in [3.05, 3.63) is 72.0 Å². The molecule has 9 nitrogen and oxygen atoms in total. The van der Waals surface area contributed by atoms with E-state index in [4.69, 9.17) is 26.1 Å². The molecule has 0 unspecified atom stereocenters. The van der Waals surface area contributed by atoms with Crippen LogP contribution in [0.5, 0.6) is 11.5 Å². The quantitative estimate of drug-likeness (QED) is 0.271. The van der Waals surface area contributed by atoms with Crippen molar-refractivity contribution >= 4 is 39.3 Å². The lowest BCUT2D eigenvalue weighted by Crippen LogP contribution is -2.37. The first-order valence-electron chi connectivity index (χ1n) is 10.9. The van der Waals surface area contributed by atoms with Crippen LogP contribution in [0.2, 0.25) is 0 Å². The van der Waals surface area contributed by atoms with Crippen LogP contribution in [0.15, 0.2) is 70.2 Å². The molecule has 1 amide bonds. The second-order valence-electron chi connectivity index (χ2n) is 7.47. The minimum Gasteiger partial charge on any atom is -0.497 e. The minimum atomic E-state index is -3.98. The molecule has 0 aliphatic heterocycles. The van der Waals surface area contributed by atoms with E-state index < -0.39 is 10.0 Å². The third-order valence-corrected chi connectivity index (χ3v) is 6.97. The normalized spacial score (nSPS) is 11.2. The van der Waals surface area contributed by atoms with Gasteiger partial charge in [-0.15, -0.1) is 0 Å². The molecule has 0 aliphatic carbocycles. The topological polar surface area (TPSA) is 119 Å². The predicted octanol–water partition coefficient (Wildman–Crippen LogP) is 3.12. The van der Waals surface area contributed by atoms with Crippen molar-refractivity contribution in [2.24, 2.45) is 0 Å². The fourth-order valence-corrected chi connectivity index (χ4v) is 4.87. The number of rotatable bonds is 10. The molecule has 0 saturated heterocycles. The van der Waals surface area contributed by atoms with Crippen molar-refractivity contribution in [1.29, 1.82) is 0 Å². The average molecular weight is 530 g/mol. The van der Waals surface area contributed by atoms with Gasteiger partial charge in [-0.3, -0.25) is 9.52 Å². The maximum absolute atomic E-state index is 13.0. The van der Waals surface area contributed by atoms with Crippen LogP contribution >= 0.6 is 12.2 Å². The average Bonchev–Trinajstić information content (AvgIpc) is 3.42.